The third-order valence-corrected chi connectivity index (χ3v) is 2.03. The highest BCUT2D eigenvalue weighted by Crippen LogP contribution is 2.25. The Morgan fingerprint density at radius 1 is 1.20 bits per heavy atom. The molecule has 0 N–H and O–H groups in total. The molecule has 2 rings (SSSR count). The summed E-state index contributed by atoms with van der Waals surface area (Å²) >= 11 is 0. The third kappa shape index (κ3) is 2.23. The SMILES string of the molecule is FC(F)(F)Cc1cccc2ncncc12. The number of hydrogen-bond acceptors (Lipinski definition) is 2. The fourth-order valence-corrected chi connectivity index (χ4v) is 1.43. The van der Waals surface area contributed by atoms with E-state index in [1.54, 1.807) is 12.1 Å². The number of halogens is 3. The Hall–Kier alpha value is -1.65. The minimum atomic E-state index is -4.20. The lowest BCUT2D eigenvalue weighted by Crippen LogP contribution is -2.11. The summed E-state index contributed by atoms with van der Waals surface area (Å²) in [4.78, 5) is 7.62. The average molecular weight is 212 g/mol. The van der Waals surface area contributed by atoms with Crippen molar-refractivity contribution in [2.24, 2.45) is 0 Å². The Labute approximate surface area is 83.8 Å². The summed E-state index contributed by atoms with van der Waals surface area (Å²) in [5.41, 5.74) is 0.743. The molecule has 15 heavy (non-hydrogen) atoms. The molecule has 0 bridgehead atoms. The van der Waals surface area contributed by atoms with Crippen LogP contribution >= 0.6 is 0 Å². The fraction of sp³-hybridized carbons (Fsp3) is 0.200. The zero-order valence-corrected chi connectivity index (χ0v) is 7.62. The van der Waals surface area contributed by atoms with Crippen molar-refractivity contribution in [1.29, 1.82) is 0 Å². The zero-order valence-electron chi connectivity index (χ0n) is 7.62. The summed E-state index contributed by atoms with van der Waals surface area (Å²) in [6, 6.07) is 4.67. The van der Waals surface area contributed by atoms with Crippen LogP contribution in [0.4, 0.5) is 13.2 Å². The van der Waals surface area contributed by atoms with E-state index in [9.17, 15) is 13.2 Å². The minimum absolute atomic E-state index is 0.209. The van der Waals surface area contributed by atoms with Gasteiger partial charge in [-0.05, 0) is 11.6 Å². The molecule has 2 aromatic rings. The lowest BCUT2D eigenvalue weighted by atomic mass is 10.1. The van der Waals surface area contributed by atoms with Gasteiger partial charge >= 0.3 is 6.18 Å². The molecule has 0 radical (unpaired) electrons. The molecular formula is C10H7F3N2. The standard InChI is InChI=1S/C10H7F3N2/c11-10(12,13)4-7-2-1-3-9-8(7)5-14-6-15-9/h1-3,5-6H,4H2. The molecule has 78 valence electrons. The maximum atomic E-state index is 12.2. The number of aromatic nitrogens is 2. The Bertz CT molecular complexity index is 474. The number of alkyl halides is 3. The lowest BCUT2D eigenvalue weighted by molar-refractivity contribution is -0.126. The summed E-state index contributed by atoms with van der Waals surface area (Å²) in [6.07, 6.45) is -2.43. The van der Waals surface area contributed by atoms with Crippen molar-refractivity contribution in [3.8, 4) is 0 Å². The van der Waals surface area contributed by atoms with E-state index in [0.29, 0.717) is 10.9 Å². The topological polar surface area (TPSA) is 25.8 Å². The number of fused-ring (bicyclic) bond motifs is 1. The van der Waals surface area contributed by atoms with Crippen molar-refractivity contribution in [1.82, 2.24) is 9.97 Å². The summed E-state index contributed by atoms with van der Waals surface area (Å²) < 4.78 is 36.7. The molecule has 0 fully saturated rings. The summed E-state index contributed by atoms with van der Waals surface area (Å²) in [6.45, 7) is 0. The van der Waals surface area contributed by atoms with Crippen LogP contribution < -0.4 is 0 Å². The van der Waals surface area contributed by atoms with Crippen molar-refractivity contribution in [3.05, 3.63) is 36.3 Å². The smallest absolute Gasteiger partial charge is 0.244 e. The molecule has 0 atom stereocenters. The molecular weight excluding hydrogens is 205 g/mol. The largest absolute Gasteiger partial charge is 0.393 e. The lowest BCUT2D eigenvalue weighted by Gasteiger charge is -2.08. The van der Waals surface area contributed by atoms with Crippen molar-refractivity contribution in [3.63, 3.8) is 0 Å². The van der Waals surface area contributed by atoms with Gasteiger partial charge in [-0.25, -0.2) is 9.97 Å². The summed E-state index contributed by atoms with van der Waals surface area (Å²) in [5.74, 6) is 0. The average Bonchev–Trinajstić information content (AvgIpc) is 2.16. The van der Waals surface area contributed by atoms with Crippen molar-refractivity contribution >= 4 is 10.9 Å². The Morgan fingerprint density at radius 3 is 2.73 bits per heavy atom. The van der Waals surface area contributed by atoms with E-state index >= 15 is 0 Å². The van der Waals surface area contributed by atoms with Crippen LogP contribution in [0.15, 0.2) is 30.7 Å². The fourth-order valence-electron chi connectivity index (χ4n) is 1.43. The highest BCUT2D eigenvalue weighted by Gasteiger charge is 2.28. The van der Waals surface area contributed by atoms with E-state index in [0.717, 1.165) is 0 Å². The summed E-state index contributed by atoms with van der Waals surface area (Å²) in [7, 11) is 0. The molecule has 0 unspecified atom stereocenters. The second-order valence-electron chi connectivity index (χ2n) is 3.16. The molecule has 0 amide bonds. The zero-order chi connectivity index (χ0) is 10.9. The quantitative estimate of drug-likeness (QED) is 0.726. The van der Waals surface area contributed by atoms with E-state index in [1.807, 2.05) is 0 Å². The van der Waals surface area contributed by atoms with Crippen LogP contribution in [0, 0.1) is 0 Å². The predicted octanol–water partition coefficient (Wildman–Crippen LogP) is 2.73. The van der Waals surface area contributed by atoms with Gasteiger partial charge in [0.1, 0.15) is 6.33 Å². The molecule has 1 heterocycles. The van der Waals surface area contributed by atoms with Crippen LogP contribution in [0.3, 0.4) is 0 Å². The molecule has 0 saturated heterocycles. The van der Waals surface area contributed by atoms with E-state index in [-0.39, 0.29) is 5.56 Å². The second-order valence-corrected chi connectivity index (χ2v) is 3.16. The van der Waals surface area contributed by atoms with Crippen LogP contribution in [0.2, 0.25) is 0 Å². The summed E-state index contributed by atoms with van der Waals surface area (Å²) in [5, 5.41) is 0.456. The third-order valence-electron chi connectivity index (χ3n) is 2.03. The predicted molar refractivity (Wildman–Crippen MR) is 49.3 cm³/mol. The molecule has 5 heteroatoms. The highest BCUT2D eigenvalue weighted by atomic mass is 19.4. The van der Waals surface area contributed by atoms with E-state index in [4.69, 9.17) is 0 Å². The number of nitrogens with zero attached hydrogens (tertiary/aromatic N) is 2. The first kappa shape index (κ1) is 9.89. The molecule has 2 nitrogen and oxygen atoms in total. The molecule has 1 aromatic heterocycles. The van der Waals surface area contributed by atoms with Crippen molar-refractivity contribution in [2.45, 2.75) is 12.6 Å². The van der Waals surface area contributed by atoms with Crippen LogP contribution in [0.1, 0.15) is 5.56 Å². The Balaban J connectivity index is 2.52. The van der Waals surface area contributed by atoms with Gasteiger partial charge in [0.05, 0.1) is 11.9 Å². The van der Waals surface area contributed by atoms with Crippen LogP contribution in [-0.2, 0) is 6.42 Å². The van der Waals surface area contributed by atoms with Gasteiger partial charge in [0.25, 0.3) is 0 Å². The maximum Gasteiger partial charge on any atom is 0.393 e. The first-order valence-electron chi connectivity index (χ1n) is 4.30. The maximum absolute atomic E-state index is 12.2. The highest BCUT2D eigenvalue weighted by molar-refractivity contribution is 5.81. The normalized spacial score (nSPS) is 11.9. The van der Waals surface area contributed by atoms with Gasteiger partial charge < -0.3 is 0 Å². The molecule has 1 aromatic carbocycles. The van der Waals surface area contributed by atoms with E-state index in [2.05, 4.69) is 9.97 Å². The van der Waals surface area contributed by atoms with Crippen molar-refractivity contribution < 1.29 is 13.2 Å². The van der Waals surface area contributed by atoms with Crippen LogP contribution in [0.25, 0.3) is 10.9 Å². The van der Waals surface area contributed by atoms with Gasteiger partial charge in [-0.2, -0.15) is 13.2 Å². The first-order valence-corrected chi connectivity index (χ1v) is 4.30. The van der Waals surface area contributed by atoms with E-state index in [1.165, 1.54) is 18.6 Å². The molecule has 0 spiro atoms. The first-order chi connectivity index (χ1) is 7.06. The van der Waals surface area contributed by atoms with Gasteiger partial charge in [0.15, 0.2) is 0 Å². The van der Waals surface area contributed by atoms with Crippen LogP contribution in [0.5, 0.6) is 0 Å². The van der Waals surface area contributed by atoms with Crippen molar-refractivity contribution in [2.75, 3.05) is 0 Å². The van der Waals surface area contributed by atoms with Crippen LogP contribution in [-0.4, -0.2) is 16.1 Å². The van der Waals surface area contributed by atoms with Gasteiger partial charge in [0, 0.05) is 11.6 Å². The molecule has 0 aliphatic heterocycles. The number of hydrogen-bond donors (Lipinski definition) is 0. The van der Waals surface area contributed by atoms with E-state index < -0.39 is 12.6 Å². The Morgan fingerprint density at radius 2 is 2.00 bits per heavy atom. The monoisotopic (exact) mass is 212 g/mol. The molecule has 0 saturated carbocycles. The Kier molecular flexibility index (Phi) is 2.30. The molecule has 0 aliphatic rings. The van der Waals surface area contributed by atoms with Gasteiger partial charge in [-0.15, -0.1) is 0 Å². The van der Waals surface area contributed by atoms with Gasteiger partial charge in [-0.3, -0.25) is 0 Å². The molecule has 0 aliphatic carbocycles. The van der Waals surface area contributed by atoms with Gasteiger partial charge in [-0.1, -0.05) is 12.1 Å². The second kappa shape index (κ2) is 3.49. The number of benzene rings is 1. The number of rotatable bonds is 1. The minimum Gasteiger partial charge on any atom is -0.244 e. The van der Waals surface area contributed by atoms with Gasteiger partial charge in [0.2, 0.25) is 0 Å².